The van der Waals surface area contributed by atoms with E-state index in [-0.39, 0.29) is 5.95 Å². The normalized spacial score (nSPS) is 11.5. The van der Waals surface area contributed by atoms with Crippen molar-refractivity contribution in [2.75, 3.05) is 11.5 Å². The summed E-state index contributed by atoms with van der Waals surface area (Å²) in [6.45, 7) is 4.13. The van der Waals surface area contributed by atoms with Crippen molar-refractivity contribution in [1.29, 1.82) is 0 Å². The van der Waals surface area contributed by atoms with Gasteiger partial charge in [0.15, 0.2) is 0 Å². The lowest BCUT2D eigenvalue weighted by atomic mass is 10.0. The largest absolute Gasteiger partial charge is 0.383 e. The first-order valence-corrected chi connectivity index (χ1v) is 5.77. The van der Waals surface area contributed by atoms with Crippen molar-refractivity contribution in [2.24, 2.45) is 7.05 Å². The number of nitrogen functional groups attached to an aromatic ring is 2. The molecule has 4 N–H and O–H groups in total. The predicted molar refractivity (Wildman–Crippen MR) is 74.3 cm³/mol. The zero-order valence-electron chi connectivity index (χ0n) is 10.7. The second-order valence-corrected chi connectivity index (χ2v) is 4.63. The first-order chi connectivity index (χ1) is 8.50. The van der Waals surface area contributed by atoms with Crippen molar-refractivity contribution in [3.05, 3.63) is 23.4 Å². The molecule has 0 saturated carbocycles. The highest BCUT2D eigenvalue weighted by Gasteiger charge is 2.15. The Hall–Kier alpha value is -2.30. The van der Waals surface area contributed by atoms with Gasteiger partial charge in [0.25, 0.3) is 0 Å². The van der Waals surface area contributed by atoms with E-state index in [0.29, 0.717) is 5.82 Å². The Balaban J connectivity index is 2.70. The highest BCUT2D eigenvalue weighted by molar-refractivity contribution is 6.13. The summed E-state index contributed by atoms with van der Waals surface area (Å²) in [6, 6.07) is 2.04. The average Bonchev–Trinajstić information content (AvgIpc) is 2.67. The first-order valence-electron chi connectivity index (χ1n) is 5.77. The van der Waals surface area contributed by atoms with E-state index in [9.17, 15) is 0 Å². The van der Waals surface area contributed by atoms with E-state index in [1.54, 1.807) is 0 Å². The van der Waals surface area contributed by atoms with Crippen molar-refractivity contribution in [3.8, 4) is 0 Å². The topological polar surface area (TPSA) is 82.8 Å². The second kappa shape index (κ2) is 3.35. The van der Waals surface area contributed by atoms with Crippen LogP contribution >= 0.6 is 0 Å². The number of fused-ring (bicyclic) bond motifs is 3. The summed E-state index contributed by atoms with van der Waals surface area (Å²) >= 11 is 0. The lowest BCUT2D eigenvalue weighted by molar-refractivity contribution is 0.963. The van der Waals surface area contributed by atoms with Gasteiger partial charge in [-0.15, -0.1) is 0 Å². The van der Waals surface area contributed by atoms with E-state index < -0.39 is 0 Å². The third-order valence-electron chi connectivity index (χ3n) is 3.57. The molecule has 0 spiro atoms. The van der Waals surface area contributed by atoms with Gasteiger partial charge in [-0.05, 0) is 31.0 Å². The maximum atomic E-state index is 6.01. The smallest absolute Gasteiger partial charge is 0.222 e. The van der Waals surface area contributed by atoms with E-state index in [1.807, 2.05) is 26.2 Å². The monoisotopic (exact) mass is 241 g/mol. The highest BCUT2D eigenvalue weighted by atomic mass is 15.0. The molecule has 92 valence electrons. The number of hydrogen-bond acceptors (Lipinski definition) is 4. The van der Waals surface area contributed by atoms with Crippen molar-refractivity contribution >= 4 is 33.6 Å². The van der Waals surface area contributed by atoms with Crippen molar-refractivity contribution in [3.63, 3.8) is 0 Å². The molecule has 0 unspecified atom stereocenters. The summed E-state index contributed by atoms with van der Waals surface area (Å²) in [5.41, 5.74) is 16.0. The number of rotatable bonds is 0. The molecule has 0 bridgehead atoms. The van der Waals surface area contributed by atoms with Crippen molar-refractivity contribution in [1.82, 2.24) is 14.5 Å². The van der Waals surface area contributed by atoms with E-state index in [0.717, 1.165) is 21.9 Å². The van der Waals surface area contributed by atoms with Gasteiger partial charge in [0.1, 0.15) is 5.82 Å². The highest BCUT2D eigenvalue weighted by Crippen LogP contribution is 2.34. The molecule has 5 nitrogen and oxygen atoms in total. The van der Waals surface area contributed by atoms with Crippen LogP contribution in [0.2, 0.25) is 0 Å². The molecule has 3 rings (SSSR count). The van der Waals surface area contributed by atoms with Gasteiger partial charge in [0, 0.05) is 18.6 Å². The van der Waals surface area contributed by atoms with Crippen LogP contribution in [0, 0.1) is 13.8 Å². The molecule has 2 heterocycles. The molecule has 0 fully saturated rings. The molecule has 1 aromatic carbocycles. The Morgan fingerprint density at radius 3 is 2.56 bits per heavy atom. The molecule has 18 heavy (non-hydrogen) atoms. The fourth-order valence-corrected chi connectivity index (χ4v) is 2.59. The van der Waals surface area contributed by atoms with Gasteiger partial charge in [-0.1, -0.05) is 0 Å². The molecule has 0 radical (unpaired) electrons. The molecule has 5 heteroatoms. The van der Waals surface area contributed by atoms with Crippen LogP contribution in [0.15, 0.2) is 12.3 Å². The Bertz CT molecular complexity index is 785. The summed E-state index contributed by atoms with van der Waals surface area (Å²) in [6.07, 6.45) is 2.02. The molecule has 0 atom stereocenters. The third kappa shape index (κ3) is 1.21. The Kier molecular flexibility index (Phi) is 2.02. The van der Waals surface area contributed by atoms with E-state index in [4.69, 9.17) is 11.5 Å². The molecule has 0 aliphatic heterocycles. The Morgan fingerprint density at radius 1 is 1.11 bits per heavy atom. The van der Waals surface area contributed by atoms with Gasteiger partial charge < -0.3 is 16.0 Å². The van der Waals surface area contributed by atoms with Crippen LogP contribution in [-0.4, -0.2) is 14.5 Å². The maximum Gasteiger partial charge on any atom is 0.222 e. The fourth-order valence-electron chi connectivity index (χ4n) is 2.59. The zero-order valence-corrected chi connectivity index (χ0v) is 10.7. The van der Waals surface area contributed by atoms with Crippen LogP contribution in [0.4, 0.5) is 11.8 Å². The van der Waals surface area contributed by atoms with Gasteiger partial charge in [0.2, 0.25) is 5.95 Å². The minimum Gasteiger partial charge on any atom is -0.383 e. The van der Waals surface area contributed by atoms with Crippen LogP contribution < -0.4 is 11.5 Å². The summed E-state index contributed by atoms with van der Waals surface area (Å²) in [7, 11) is 2.02. The van der Waals surface area contributed by atoms with Gasteiger partial charge >= 0.3 is 0 Å². The van der Waals surface area contributed by atoms with Gasteiger partial charge in [0.05, 0.1) is 16.4 Å². The van der Waals surface area contributed by atoms with Crippen molar-refractivity contribution in [2.45, 2.75) is 13.8 Å². The van der Waals surface area contributed by atoms with Gasteiger partial charge in [-0.25, -0.2) is 4.98 Å². The standard InChI is InChI=1S/C13H15N5/c1-6-7(2)11-8(4-5-18(11)3)9-10(6)16-13(15)17-12(9)14/h4-5H,1-3H3,(H4,14,15,16,17). The van der Waals surface area contributed by atoms with E-state index in [2.05, 4.69) is 21.5 Å². The minimum atomic E-state index is 0.220. The number of benzene rings is 1. The van der Waals surface area contributed by atoms with Crippen LogP contribution in [0.3, 0.4) is 0 Å². The molecule has 0 aliphatic rings. The maximum absolute atomic E-state index is 6.01. The summed E-state index contributed by atoms with van der Waals surface area (Å²) in [5, 5.41) is 1.97. The van der Waals surface area contributed by atoms with Crippen LogP contribution in [0.25, 0.3) is 21.8 Å². The summed E-state index contributed by atoms with van der Waals surface area (Å²) in [4.78, 5) is 8.40. The lowest BCUT2D eigenvalue weighted by Gasteiger charge is -2.11. The number of aromatic nitrogens is 3. The Labute approximate surface area is 104 Å². The minimum absolute atomic E-state index is 0.220. The number of nitrogens with two attached hydrogens (primary N) is 2. The predicted octanol–water partition coefficient (Wildman–Crippen LogP) is 1.90. The average molecular weight is 241 g/mol. The van der Waals surface area contributed by atoms with Gasteiger partial charge in [-0.3, -0.25) is 0 Å². The molecule has 0 amide bonds. The second-order valence-electron chi connectivity index (χ2n) is 4.63. The number of anilines is 2. The third-order valence-corrected chi connectivity index (χ3v) is 3.57. The van der Waals surface area contributed by atoms with Crippen LogP contribution in [-0.2, 0) is 7.05 Å². The summed E-state index contributed by atoms with van der Waals surface area (Å²) < 4.78 is 2.09. The quantitative estimate of drug-likeness (QED) is 0.629. The number of hydrogen-bond donors (Lipinski definition) is 2. The zero-order chi connectivity index (χ0) is 13.0. The number of nitrogens with zero attached hydrogens (tertiary/aromatic N) is 3. The SMILES string of the molecule is Cc1c(C)c2c(ccn2C)c2c(N)nc(N)nc12. The molecule has 0 aliphatic carbocycles. The van der Waals surface area contributed by atoms with Crippen LogP contribution in [0.1, 0.15) is 11.1 Å². The number of aryl methyl sites for hydroxylation is 3. The molecular weight excluding hydrogens is 226 g/mol. The lowest BCUT2D eigenvalue weighted by Crippen LogP contribution is -2.03. The first kappa shape index (κ1) is 10.8. The van der Waals surface area contributed by atoms with E-state index >= 15 is 0 Å². The van der Waals surface area contributed by atoms with E-state index in [1.165, 1.54) is 11.1 Å². The van der Waals surface area contributed by atoms with Gasteiger partial charge in [-0.2, -0.15) is 4.98 Å². The summed E-state index contributed by atoms with van der Waals surface area (Å²) in [5.74, 6) is 0.662. The molecular formula is C13H15N5. The molecule has 0 saturated heterocycles. The van der Waals surface area contributed by atoms with Crippen LogP contribution in [0.5, 0.6) is 0 Å². The molecule has 3 aromatic rings. The fraction of sp³-hybridized carbons (Fsp3) is 0.231. The Morgan fingerprint density at radius 2 is 1.83 bits per heavy atom. The molecule has 2 aromatic heterocycles. The van der Waals surface area contributed by atoms with Crippen molar-refractivity contribution < 1.29 is 0 Å².